The highest BCUT2D eigenvalue weighted by Gasteiger charge is 2.50. The van der Waals surface area contributed by atoms with Crippen LogP contribution in [0.2, 0.25) is 0 Å². The Morgan fingerprint density at radius 3 is 2.48 bits per heavy atom. The number of aliphatic carboxylic acids is 1. The van der Waals surface area contributed by atoms with Crippen LogP contribution in [-0.4, -0.2) is 68.1 Å². The predicted molar refractivity (Wildman–Crippen MR) is 142 cm³/mol. The number of fused-ring (bicyclic) bond motifs is 2. The van der Waals surface area contributed by atoms with Gasteiger partial charge in [-0.15, -0.1) is 0 Å². The van der Waals surface area contributed by atoms with Gasteiger partial charge in [0.2, 0.25) is 0 Å². The molecule has 2 heterocycles. The first-order chi connectivity index (χ1) is 19.0. The first kappa shape index (κ1) is 29.1. The van der Waals surface area contributed by atoms with Crippen LogP contribution in [0.4, 0.5) is 23.7 Å². The van der Waals surface area contributed by atoms with Gasteiger partial charge < -0.3 is 34.5 Å². The minimum Gasteiger partial charge on any atom is -0.493 e. The molecule has 0 spiro atoms. The molecule has 1 saturated heterocycles. The van der Waals surface area contributed by atoms with E-state index in [9.17, 15) is 18.0 Å². The summed E-state index contributed by atoms with van der Waals surface area (Å²) in [6, 6.07) is 14.2. The Morgan fingerprint density at radius 1 is 1.07 bits per heavy atom. The van der Waals surface area contributed by atoms with E-state index in [2.05, 4.69) is 34.7 Å². The van der Waals surface area contributed by atoms with E-state index >= 15 is 0 Å². The Hall–Kier alpha value is -3.93. The van der Waals surface area contributed by atoms with Crippen LogP contribution >= 0.6 is 0 Å². The summed E-state index contributed by atoms with van der Waals surface area (Å²) >= 11 is 0. The maximum atomic E-state index is 12.7. The van der Waals surface area contributed by atoms with Crippen LogP contribution in [0.25, 0.3) is 11.0 Å². The lowest BCUT2D eigenvalue weighted by atomic mass is 9.65. The summed E-state index contributed by atoms with van der Waals surface area (Å²) in [4.78, 5) is 24.1. The van der Waals surface area contributed by atoms with Crippen molar-refractivity contribution in [2.45, 2.75) is 49.4 Å². The third-order valence-corrected chi connectivity index (χ3v) is 7.77. The minimum atomic E-state index is -5.08. The van der Waals surface area contributed by atoms with Crippen LogP contribution < -0.4 is 20.1 Å². The number of alkyl halides is 3. The third kappa shape index (κ3) is 6.11. The second-order valence-electron chi connectivity index (χ2n) is 10.0. The number of carbonyl (C=O) groups is 2. The van der Waals surface area contributed by atoms with Gasteiger partial charge in [0.1, 0.15) is 5.58 Å². The van der Waals surface area contributed by atoms with Crippen LogP contribution in [0.1, 0.15) is 31.2 Å². The number of urea groups is 1. The van der Waals surface area contributed by atoms with Gasteiger partial charge in [0.05, 0.1) is 20.5 Å². The van der Waals surface area contributed by atoms with E-state index in [0.29, 0.717) is 6.04 Å². The number of carbonyl (C=O) groups excluding carboxylic acids is 1. The number of nitrogens with one attached hydrogen (secondary N) is 2. The van der Waals surface area contributed by atoms with Crippen molar-refractivity contribution in [1.29, 1.82) is 0 Å². The number of nitrogens with zero attached hydrogens (tertiary/aromatic N) is 1. The smallest absolute Gasteiger partial charge is 0.490 e. The zero-order valence-corrected chi connectivity index (χ0v) is 22.4. The number of rotatable bonds is 5. The average Bonchev–Trinajstić information content (AvgIpc) is 3.52. The van der Waals surface area contributed by atoms with E-state index in [1.807, 2.05) is 30.3 Å². The fraction of sp³-hybridized carbons (Fsp3) is 0.429. The zero-order chi connectivity index (χ0) is 29.1. The second-order valence-corrected chi connectivity index (χ2v) is 10.0. The van der Waals surface area contributed by atoms with Crippen molar-refractivity contribution in [2.24, 2.45) is 0 Å². The molecule has 9 nitrogen and oxygen atoms in total. The molecule has 5 rings (SSSR count). The maximum Gasteiger partial charge on any atom is 0.490 e. The quantitative estimate of drug-likeness (QED) is 0.381. The van der Waals surface area contributed by atoms with Crippen molar-refractivity contribution in [3.8, 4) is 11.5 Å². The van der Waals surface area contributed by atoms with Crippen LogP contribution in [0, 0.1) is 0 Å². The Morgan fingerprint density at radius 2 is 1.80 bits per heavy atom. The minimum absolute atomic E-state index is 0.0648. The number of likely N-dealkylation sites (N-methyl/N-ethyl adjacent to an activating group) is 1. The van der Waals surface area contributed by atoms with Gasteiger partial charge in [-0.3, -0.25) is 0 Å². The molecule has 1 aliphatic carbocycles. The monoisotopic (exact) mass is 563 g/mol. The molecule has 1 saturated carbocycles. The van der Waals surface area contributed by atoms with Crippen molar-refractivity contribution in [2.75, 3.05) is 33.1 Å². The highest BCUT2D eigenvalue weighted by atomic mass is 19.4. The molecule has 2 aromatic carbocycles. The molecule has 2 amide bonds. The molecule has 3 N–H and O–H groups in total. The molecular formula is C28H32F3N3O6. The zero-order valence-electron chi connectivity index (χ0n) is 22.4. The molecule has 216 valence electrons. The summed E-state index contributed by atoms with van der Waals surface area (Å²) in [6.45, 7) is 1.04. The maximum absolute atomic E-state index is 12.7. The first-order valence-electron chi connectivity index (χ1n) is 12.7. The lowest BCUT2D eigenvalue weighted by molar-refractivity contribution is -0.192. The Labute approximate surface area is 229 Å². The molecule has 2 fully saturated rings. The fourth-order valence-corrected chi connectivity index (χ4v) is 5.79. The molecule has 1 aliphatic heterocycles. The Balaban J connectivity index is 0.000000470. The van der Waals surface area contributed by atoms with Crippen LogP contribution in [0.15, 0.2) is 53.1 Å². The number of carboxylic acids is 1. The summed E-state index contributed by atoms with van der Waals surface area (Å²) in [7, 11) is 5.54. The molecule has 12 heteroatoms. The highest BCUT2D eigenvalue weighted by molar-refractivity contribution is 5.92. The topological polar surface area (TPSA) is 113 Å². The van der Waals surface area contributed by atoms with E-state index < -0.39 is 12.1 Å². The standard InChI is InChI=1S/C26H31N3O4.C2HF3O2/c1-29-12-11-26(18-4-6-22(31-2)23(15-18)32-3)10-8-20(16-24(26)29)28-25(30)27-19-5-7-21-17(14-19)9-13-33-21;3-2(4,5)1(6)7/h4-7,9,13-15,20,24H,8,10-12,16H2,1-3H3,(H2,27,28,30);(H,6,7). The van der Waals surface area contributed by atoms with Crippen molar-refractivity contribution in [1.82, 2.24) is 10.2 Å². The van der Waals surface area contributed by atoms with Crippen LogP contribution in [0.5, 0.6) is 11.5 Å². The lowest BCUT2D eigenvalue weighted by Crippen LogP contribution is -2.52. The lowest BCUT2D eigenvalue weighted by Gasteiger charge is -2.45. The molecule has 3 aromatic rings. The van der Waals surface area contributed by atoms with Gasteiger partial charge >= 0.3 is 18.2 Å². The van der Waals surface area contributed by atoms with Gasteiger partial charge in [-0.2, -0.15) is 13.2 Å². The Kier molecular flexibility index (Phi) is 8.48. The van der Waals surface area contributed by atoms with Gasteiger partial charge in [-0.25, -0.2) is 9.59 Å². The number of methoxy groups -OCH3 is 2. The number of benzene rings is 2. The number of hydrogen-bond donors (Lipinski definition) is 3. The van der Waals surface area contributed by atoms with E-state index in [1.54, 1.807) is 20.5 Å². The molecule has 40 heavy (non-hydrogen) atoms. The third-order valence-electron chi connectivity index (χ3n) is 7.77. The molecule has 1 aromatic heterocycles. The van der Waals surface area contributed by atoms with Crippen molar-refractivity contribution in [3.05, 3.63) is 54.3 Å². The largest absolute Gasteiger partial charge is 0.493 e. The summed E-state index contributed by atoms with van der Waals surface area (Å²) in [5.74, 6) is -1.24. The predicted octanol–water partition coefficient (Wildman–Crippen LogP) is 5.40. The summed E-state index contributed by atoms with van der Waals surface area (Å²) in [5, 5.41) is 14.3. The van der Waals surface area contributed by atoms with Gasteiger partial charge in [0.15, 0.2) is 11.5 Å². The SMILES string of the molecule is COc1ccc(C23CCC(NC(=O)Nc4ccc5occc5c4)CC2N(C)CC3)cc1OC.O=C(O)C(F)(F)F. The molecule has 0 bridgehead atoms. The first-order valence-corrected chi connectivity index (χ1v) is 12.7. The molecule has 3 unspecified atom stereocenters. The number of furan rings is 1. The molecule has 0 radical (unpaired) electrons. The van der Waals surface area contributed by atoms with Crippen molar-refractivity contribution < 1.29 is 41.8 Å². The van der Waals surface area contributed by atoms with Gasteiger partial charge in [0, 0.05) is 28.6 Å². The van der Waals surface area contributed by atoms with E-state index in [-0.39, 0.29) is 17.5 Å². The number of likely N-dealkylation sites (tertiary alicyclic amines) is 1. The molecule has 3 atom stereocenters. The van der Waals surface area contributed by atoms with Crippen LogP contribution in [-0.2, 0) is 10.2 Å². The van der Waals surface area contributed by atoms with Crippen LogP contribution in [0.3, 0.4) is 0 Å². The average molecular weight is 564 g/mol. The number of hydrogen-bond acceptors (Lipinski definition) is 6. The summed E-state index contributed by atoms with van der Waals surface area (Å²) < 4.78 is 48.1. The van der Waals surface area contributed by atoms with Gasteiger partial charge in [-0.05, 0) is 81.2 Å². The normalized spacial score (nSPS) is 22.6. The number of halogens is 3. The van der Waals surface area contributed by atoms with Gasteiger partial charge in [0.25, 0.3) is 0 Å². The number of anilines is 1. The molecular weight excluding hydrogens is 531 g/mol. The van der Waals surface area contributed by atoms with E-state index in [0.717, 1.165) is 60.4 Å². The highest BCUT2D eigenvalue weighted by Crippen LogP contribution is 2.49. The van der Waals surface area contributed by atoms with Crippen molar-refractivity contribution in [3.63, 3.8) is 0 Å². The second kappa shape index (κ2) is 11.7. The number of amides is 2. The van der Waals surface area contributed by atoms with E-state index in [1.165, 1.54) is 5.56 Å². The number of ether oxygens (including phenoxy) is 2. The summed E-state index contributed by atoms with van der Waals surface area (Å²) in [6.07, 6.45) is 0.544. The van der Waals surface area contributed by atoms with E-state index in [4.69, 9.17) is 23.8 Å². The van der Waals surface area contributed by atoms with Gasteiger partial charge in [-0.1, -0.05) is 6.07 Å². The fourth-order valence-electron chi connectivity index (χ4n) is 5.79. The molecule has 2 aliphatic rings. The Bertz CT molecular complexity index is 1360. The number of carboxylic acid groups (broad SMARTS) is 1. The summed E-state index contributed by atoms with van der Waals surface area (Å²) in [5.41, 5.74) is 2.93. The van der Waals surface area contributed by atoms with Crippen molar-refractivity contribution >= 4 is 28.7 Å².